The van der Waals surface area contributed by atoms with E-state index in [1.807, 2.05) is 0 Å². The summed E-state index contributed by atoms with van der Waals surface area (Å²) < 4.78 is 0. The van der Waals surface area contributed by atoms with Gasteiger partial charge in [0.05, 0.1) is 36.4 Å². The van der Waals surface area contributed by atoms with Crippen LogP contribution in [0.2, 0.25) is 0 Å². The van der Waals surface area contributed by atoms with Gasteiger partial charge in [-0.25, -0.2) is 9.97 Å². The molecule has 12 N–H and O–H groups in total. The number of aromatic nitrogens is 4. The predicted octanol–water partition coefficient (Wildman–Crippen LogP) is -2.15. The molecule has 5 atom stereocenters. The van der Waals surface area contributed by atoms with Gasteiger partial charge in [0.15, 0.2) is 17.1 Å². The molecule has 316 valence electrons. The number of carbonyl (C=O) groups excluding carboxylic acids is 8. The molecule has 59 heavy (non-hydrogen) atoms. The number of aldehydes is 4. The highest BCUT2D eigenvalue weighted by Crippen LogP contribution is 2.16. The van der Waals surface area contributed by atoms with Gasteiger partial charge >= 0.3 is 0 Å². The summed E-state index contributed by atoms with van der Waals surface area (Å²) in [4.78, 5) is 130. The van der Waals surface area contributed by atoms with E-state index in [4.69, 9.17) is 17.2 Å². The smallest absolute Gasteiger partial charge is 0.280 e. The maximum atomic E-state index is 13.5. The lowest BCUT2D eigenvalue weighted by Gasteiger charge is -2.29. The Labute approximate surface area is 341 Å². The molecule has 0 fully saturated rings. The highest BCUT2D eigenvalue weighted by Gasteiger charge is 2.32. The Kier molecular flexibility index (Phi) is 19.0. The number of H-pyrrole nitrogens is 1. The third-order valence-corrected chi connectivity index (χ3v) is 9.25. The summed E-state index contributed by atoms with van der Waals surface area (Å²) in [6.45, 7) is 0.311. The fourth-order valence-electron chi connectivity index (χ4n) is 5.61. The lowest BCUT2D eigenvalue weighted by atomic mass is 9.91. The molecule has 3 aromatic rings. The van der Waals surface area contributed by atoms with Gasteiger partial charge < -0.3 is 63.0 Å². The van der Waals surface area contributed by atoms with Crippen LogP contribution in [0.5, 0.6) is 0 Å². The van der Waals surface area contributed by atoms with Crippen molar-refractivity contribution in [2.45, 2.75) is 69.2 Å². The zero-order valence-electron chi connectivity index (χ0n) is 32.1. The summed E-state index contributed by atoms with van der Waals surface area (Å²) in [7, 11) is 0. The molecule has 0 aliphatic carbocycles. The lowest BCUT2D eigenvalue weighted by molar-refractivity contribution is -0.133. The molecular formula is C36H47N13O9S. The van der Waals surface area contributed by atoms with E-state index in [1.165, 1.54) is 30.1 Å². The topological polar surface area (TPSA) is 359 Å². The second-order valence-corrected chi connectivity index (χ2v) is 13.9. The van der Waals surface area contributed by atoms with Gasteiger partial charge in [0.25, 0.3) is 11.5 Å². The van der Waals surface area contributed by atoms with Gasteiger partial charge in [-0.1, -0.05) is 0 Å². The van der Waals surface area contributed by atoms with E-state index in [2.05, 4.69) is 51.5 Å². The first-order chi connectivity index (χ1) is 28.3. The van der Waals surface area contributed by atoms with Gasteiger partial charge in [-0.2, -0.15) is 16.7 Å². The monoisotopic (exact) mass is 837 g/mol. The molecule has 4 amide bonds. The van der Waals surface area contributed by atoms with Crippen molar-refractivity contribution in [2.75, 3.05) is 29.6 Å². The second kappa shape index (κ2) is 24.1. The average Bonchev–Trinajstić information content (AvgIpc) is 3.21. The normalized spacial score (nSPS) is 13.3. The van der Waals surface area contributed by atoms with Crippen LogP contribution in [0.25, 0.3) is 11.2 Å². The highest BCUT2D eigenvalue weighted by atomic mass is 32.2. The number of carbonyl (C=O) groups is 8. The Bertz CT molecular complexity index is 2040. The molecular weight excluding hydrogens is 791 g/mol. The molecule has 0 unspecified atom stereocenters. The number of hydrogen-bond acceptors (Lipinski definition) is 16. The largest absolute Gasteiger partial charge is 0.379 e. The minimum absolute atomic E-state index is 0.0249. The number of nitrogen functional groups attached to an aromatic ring is 1. The van der Waals surface area contributed by atoms with Gasteiger partial charge in [-0.05, 0) is 49.8 Å². The summed E-state index contributed by atoms with van der Waals surface area (Å²) in [6.07, 6.45) is 4.19. The third-order valence-electron chi connectivity index (χ3n) is 8.56. The number of benzene rings is 1. The van der Waals surface area contributed by atoms with Crippen LogP contribution in [0.15, 0.2) is 40.2 Å². The Morgan fingerprint density at radius 3 is 2.25 bits per heavy atom. The van der Waals surface area contributed by atoms with Gasteiger partial charge in [0.2, 0.25) is 23.7 Å². The molecule has 0 aliphatic rings. The van der Waals surface area contributed by atoms with Crippen molar-refractivity contribution in [1.82, 2.24) is 41.2 Å². The number of anilines is 2. The van der Waals surface area contributed by atoms with Gasteiger partial charge in [-0.3, -0.25) is 33.9 Å². The van der Waals surface area contributed by atoms with E-state index in [0.29, 0.717) is 36.5 Å². The zero-order valence-corrected chi connectivity index (χ0v) is 32.9. The van der Waals surface area contributed by atoms with Crippen molar-refractivity contribution in [3.63, 3.8) is 0 Å². The van der Waals surface area contributed by atoms with Crippen molar-refractivity contribution in [3.8, 4) is 0 Å². The van der Waals surface area contributed by atoms with Gasteiger partial charge in [0.1, 0.15) is 31.2 Å². The van der Waals surface area contributed by atoms with Crippen molar-refractivity contribution in [2.24, 2.45) is 22.4 Å². The van der Waals surface area contributed by atoms with E-state index >= 15 is 0 Å². The molecule has 0 spiro atoms. The molecule has 22 nitrogen and oxygen atoms in total. The SMILES string of the molecule is CSC[C@@H](C=O)NC(=O)[C@H](CC=O)[C@H](CCCN=C(N)N)NC(=O)[C@H](CC=O)NC(=O)CC[C@@H](C=O)NC(=O)c1ccc(NCc2cnc3nc(N)[nH]c(=O)c3n2)cc1. The van der Waals surface area contributed by atoms with Crippen molar-refractivity contribution < 1.29 is 38.4 Å². The Morgan fingerprint density at radius 1 is 0.898 bits per heavy atom. The van der Waals surface area contributed by atoms with E-state index in [9.17, 15) is 43.2 Å². The molecule has 1 aromatic carbocycles. The number of fused-ring (bicyclic) bond motifs is 1. The first kappa shape index (κ1) is 46.6. The van der Waals surface area contributed by atoms with Crippen LogP contribution in [0.3, 0.4) is 0 Å². The summed E-state index contributed by atoms with van der Waals surface area (Å²) in [5.41, 5.74) is 17.2. The molecule has 0 saturated heterocycles. The molecule has 2 aromatic heterocycles. The minimum Gasteiger partial charge on any atom is -0.379 e. The van der Waals surface area contributed by atoms with Crippen LogP contribution < -0.4 is 49.3 Å². The minimum atomic E-state index is -1.40. The number of nitrogens with zero attached hydrogens (tertiary/aromatic N) is 4. The average molecular weight is 838 g/mol. The summed E-state index contributed by atoms with van der Waals surface area (Å²) in [5.74, 6) is -3.95. The van der Waals surface area contributed by atoms with E-state index < -0.39 is 65.7 Å². The first-order valence-corrected chi connectivity index (χ1v) is 19.6. The van der Waals surface area contributed by atoms with Crippen LogP contribution in [0.1, 0.15) is 54.6 Å². The van der Waals surface area contributed by atoms with Crippen LogP contribution in [-0.4, -0.2) is 117 Å². The Morgan fingerprint density at radius 2 is 1.61 bits per heavy atom. The van der Waals surface area contributed by atoms with Crippen LogP contribution in [0.4, 0.5) is 11.6 Å². The summed E-state index contributed by atoms with van der Waals surface area (Å²) in [6, 6.07) is 1.87. The second-order valence-electron chi connectivity index (χ2n) is 13.0. The molecule has 23 heteroatoms. The summed E-state index contributed by atoms with van der Waals surface area (Å²) in [5, 5.41) is 13.3. The lowest BCUT2D eigenvalue weighted by Crippen LogP contribution is -2.54. The standard InChI is InChI=1S/C36H47N13O9S/c1-59-19-24(18-53)45-32(56)25(10-13-50)26(3-2-12-40-35(37)38)47-33(57)27(11-14-51)46-28(54)9-8-22(17-52)44-31(55)20-4-6-21(7-5-20)41-15-23-16-42-30-29(43-23)34(58)49-36(39)48-30/h4-7,13-14,16-18,22,24-27,41H,2-3,8-12,15,19H2,1H3,(H,44,55)(H,45,56)(H,46,54)(H,47,57)(H4,37,38,40)(H3,39,42,48,49,58)/t22-,24+,25+,26-,27-/m0/s1. The van der Waals surface area contributed by atoms with Crippen LogP contribution in [-0.2, 0) is 40.1 Å². The van der Waals surface area contributed by atoms with E-state index in [1.54, 1.807) is 18.4 Å². The van der Waals surface area contributed by atoms with Crippen LogP contribution >= 0.6 is 11.8 Å². The van der Waals surface area contributed by atoms with Gasteiger partial charge in [0, 0.05) is 48.9 Å². The number of hydrogen-bond donors (Lipinski definition) is 9. The highest BCUT2D eigenvalue weighted by molar-refractivity contribution is 7.98. The maximum absolute atomic E-state index is 13.5. The third kappa shape index (κ3) is 15.2. The van der Waals surface area contributed by atoms with E-state index in [0.717, 1.165) is 0 Å². The van der Waals surface area contributed by atoms with Gasteiger partial charge in [-0.15, -0.1) is 0 Å². The van der Waals surface area contributed by atoms with Crippen molar-refractivity contribution >= 4 is 89.3 Å². The number of nitrogens with one attached hydrogen (secondary N) is 6. The number of amides is 4. The number of aromatic amines is 1. The van der Waals surface area contributed by atoms with Crippen molar-refractivity contribution in [1.29, 1.82) is 0 Å². The first-order valence-electron chi connectivity index (χ1n) is 18.2. The predicted molar refractivity (Wildman–Crippen MR) is 218 cm³/mol. The zero-order chi connectivity index (χ0) is 43.3. The molecule has 2 heterocycles. The molecule has 0 bridgehead atoms. The number of guanidine groups is 1. The van der Waals surface area contributed by atoms with E-state index in [-0.39, 0.29) is 79.6 Å². The fourth-order valence-corrected chi connectivity index (χ4v) is 6.13. The quantitative estimate of drug-likeness (QED) is 0.0180. The number of nitrogens with two attached hydrogens (primary N) is 3. The summed E-state index contributed by atoms with van der Waals surface area (Å²) >= 11 is 1.31. The van der Waals surface area contributed by atoms with Crippen molar-refractivity contribution in [3.05, 3.63) is 52.1 Å². The Hall–Kier alpha value is -6.78. The maximum Gasteiger partial charge on any atom is 0.280 e. The molecule has 0 aliphatic heterocycles. The van der Waals surface area contributed by atoms with Crippen LogP contribution in [0, 0.1) is 5.92 Å². The molecule has 0 radical (unpaired) electrons. The number of aliphatic imine (C=N–C) groups is 1. The Balaban J connectivity index is 1.59. The number of thioether (sulfide) groups is 1. The fraction of sp³-hybridized carbons (Fsp3) is 0.417. The molecule has 3 rings (SSSR count). The molecule has 0 saturated carbocycles. The number of rotatable bonds is 26.